The van der Waals surface area contributed by atoms with E-state index in [9.17, 15) is 0 Å². The molecule has 4 aromatic heterocycles. The number of hydrogen-bond donors (Lipinski definition) is 0. The van der Waals surface area contributed by atoms with Crippen LogP contribution in [0.5, 0.6) is 0 Å². The summed E-state index contributed by atoms with van der Waals surface area (Å²) >= 11 is 0. The molecule has 0 bridgehead atoms. The standard InChI is InChI=1S/C39H31N4.Pt/c1-25-14-5-6-17-28(25)26-15-13-16-27(24-26)42-31-20-9-7-18-29(31)34-36(39(2,3)4)35-30-19-8-10-21-32(30)43(38(35)41-37(34)42)33-22-11-12-23-40-33;/h5-23H,1-4H3;/q-1;. The van der Waals surface area contributed by atoms with E-state index in [1.54, 1.807) is 0 Å². The average Bonchev–Trinajstić information content (AvgIpc) is 3.52. The molecule has 0 spiro atoms. The van der Waals surface area contributed by atoms with Crippen LogP contribution in [0.1, 0.15) is 31.9 Å². The first-order valence-corrected chi connectivity index (χ1v) is 14.8. The summed E-state index contributed by atoms with van der Waals surface area (Å²) in [6.07, 6.45) is 1.85. The second-order valence-corrected chi connectivity index (χ2v) is 12.3. The first-order chi connectivity index (χ1) is 20.9. The predicted molar refractivity (Wildman–Crippen MR) is 178 cm³/mol. The summed E-state index contributed by atoms with van der Waals surface area (Å²) in [7, 11) is 0. The molecular weight excluding hydrogens is 720 g/mol. The van der Waals surface area contributed by atoms with Crippen molar-refractivity contribution >= 4 is 43.9 Å². The summed E-state index contributed by atoms with van der Waals surface area (Å²) in [6, 6.07) is 42.0. The Morgan fingerprint density at radius 2 is 1.25 bits per heavy atom. The number of rotatable bonds is 3. The molecule has 0 saturated carbocycles. The number of aryl methyl sites for hydroxylation is 1. The van der Waals surface area contributed by atoms with Gasteiger partial charge in [-0.05, 0) is 47.9 Å². The normalized spacial score (nSPS) is 11.9. The van der Waals surface area contributed by atoms with Gasteiger partial charge in [-0.1, -0.05) is 98.6 Å². The van der Waals surface area contributed by atoms with Crippen molar-refractivity contribution < 1.29 is 21.1 Å². The van der Waals surface area contributed by atoms with Crippen molar-refractivity contribution in [3.8, 4) is 22.6 Å². The number of para-hydroxylation sites is 2. The Morgan fingerprint density at radius 3 is 1.91 bits per heavy atom. The third-order valence-electron chi connectivity index (χ3n) is 8.50. The van der Waals surface area contributed by atoms with E-state index in [4.69, 9.17) is 9.97 Å². The third kappa shape index (κ3) is 4.24. The van der Waals surface area contributed by atoms with E-state index in [1.807, 2.05) is 18.3 Å². The molecule has 4 aromatic carbocycles. The number of aromatic nitrogens is 4. The number of fused-ring (bicyclic) bond motifs is 6. The van der Waals surface area contributed by atoms with Gasteiger partial charge in [-0.3, -0.25) is 4.57 Å². The first-order valence-electron chi connectivity index (χ1n) is 14.8. The van der Waals surface area contributed by atoms with Gasteiger partial charge in [0.15, 0.2) is 0 Å². The van der Waals surface area contributed by atoms with Gasteiger partial charge in [0, 0.05) is 48.8 Å². The summed E-state index contributed by atoms with van der Waals surface area (Å²) in [5.74, 6) is 0.858. The Kier molecular flexibility index (Phi) is 6.79. The molecule has 0 aliphatic carbocycles. The average molecular weight is 751 g/mol. The summed E-state index contributed by atoms with van der Waals surface area (Å²) in [4.78, 5) is 10.3. The van der Waals surface area contributed by atoms with Crippen LogP contribution in [-0.4, -0.2) is 19.1 Å². The van der Waals surface area contributed by atoms with Crippen molar-refractivity contribution in [2.75, 3.05) is 0 Å². The molecule has 0 aliphatic rings. The third-order valence-corrected chi connectivity index (χ3v) is 8.50. The predicted octanol–water partition coefficient (Wildman–Crippen LogP) is 9.74. The quantitative estimate of drug-likeness (QED) is 0.169. The van der Waals surface area contributed by atoms with Crippen LogP contribution in [0.4, 0.5) is 0 Å². The fourth-order valence-corrected chi connectivity index (χ4v) is 6.71. The maximum Gasteiger partial charge on any atom is 0.149 e. The monoisotopic (exact) mass is 750 g/mol. The molecule has 0 amide bonds. The van der Waals surface area contributed by atoms with E-state index in [0.29, 0.717) is 0 Å². The summed E-state index contributed by atoms with van der Waals surface area (Å²) < 4.78 is 4.51. The van der Waals surface area contributed by atoms with Crippen molar-refractivity contribution in [1.29, 1.82) is 0 Å². The summed E-state index contributed by atoms with van der Waals surface area (Å²) in [5.41, 5.74) is 9.65. The maximum atomic E-state index is 5.56. The van der Waals surface area contributed by atoms with Crippen molar-refractivity contribution in [3.63, 3.8) is 0 Å². The van der Waals surface area contributed by atoms with Gasteiger partial charge < -0.3 is 4.57 Å². The van der Waals surface area contributed by atoms with E-state index >= 15 is 0 Å². The van der Waals surface area contributed by atoms with Gasteiger partial charge in [-0.15, -0.1) is 29.8 Å². The van der Waals surface area contributed by atoms with Gasteiger partial charge in [0.2, 0.25) is 0 Å². The van der Waals surface area contributed by atoms with Crippen LogP contribution < -0.4 is 0 Å². The van der Waals surface area contributed by atoms with Crippen molar-refractivity contribution in [2.24, 2.45) is 0 Å². The van der Waals surface area contributed by atoms with Gasteiger partial charge in [0.25, 0.3) is 0 Å². The minimum atomic E-state index is -0.166. The van der Waals surface area contributed by atoms with Crippen molar-refractivity contribution in [2.45, 2.75) is 33.1 Å². The topological polar surface area (TPSA) is 35.6 Å². The minimum Gasteiger partial charge on any atom is -0.312 e. The van der Waals surface area contributed by atoms with Crippen LogP contribution in [-0.2, 0) is 26.5 Å². The van der Waals surface area contributed by atoms with E-state index in [2.05, 4.69) is 140 Å². The van der Waals surface area contributed by atoms with Crippen molar-refractivity contribution in [3.05, 3.63) is 133 Å². The molecule has 8 aromatic rings. The molecule has 0 N–H and O–H groups in total. The van der Waals surface area contributed by atoms with Crippen LogP contribution in [0.15, 0.2) is 115 Å². The zero-order chi connectivity index (χ0) is 29.3. The zero-order valence-corrected chi connectivity index (χ0v) is 27.3. The molecule has 4 heterocycles. The molecule has 4 nitrogen and oxygen atoms in total. The molecular formula is C39H31N4Pt-. The molecule has 5 heteroatoms. The molecule has 0 atom stereocenters. The van der Waals surface area contributed by atoms with Gasteiger partial charge in [-0.2, -0.15) is 0 Å². The Morgan fingerprint density at radius 1 is 0.636 bits per heavy atom. The van der Waals surface area contributed by atoms with E-state index in [1.165, 1.54) is 38.2 Å². The molecule has 0 radical (unpaired) electrons. The number of nitrogens with zero attached hydrogens (tertiary/aromatic N) is 4. The molecule has 44 heavy (non-hydrogen) atoms. The maximum absolute atomic E-state index is 5.56. The summed E-state index contributed by atoms with van der Waals surface area (Å²) in [5, 5.41) is 4.75. The molecule has 0 aliphatic heterocycles. The molecule has 218 valence electrons. The number of hydrogen-bond acceptors (Lipinski definition) is 2. The molecule has 8 rings (SSSR count). The number of benzene rings is 4. The Bertz CT molecular complexity index is 2340. The van der Waals surface area contributed by atoms with Crippen LogP contribution >= 0.6 is 0 Å². The van der Waals surface area contributed by atoms with E-state index < -0.39 is 0 Å². The van der Waals surface area contributed by atoms with Crippen LogP contribution in [0.25, 0.3) is 66.5 Å². The molecule has 0 unspecified atom stereocenters. The van der Waals surface area contributed by atoms with Gasteiger partial charge >= 0.3 is 0 Å². The fraction of sp³-hybridized carbons (Fsp3) is 0.128. The summed E-state index contributed by atoms with van der Waals surface area (Å²) in [6.45, 7) is 9.09. The number of pyridine rings is 2. The smallest absolute Gasteiger partial charge is 0.149 e. The van der Waals surface area contributed by atoms with Gasteiger partial charge in [0.05, 0.1) is 11.0 Å². The first kappa shape index (κ1) is 28.3. The largest absolute Gasteiger partial charge is 0.312 e. The van der Waals surface area contributed by atoms with Crippen LogP contribution in [0, 0.1) is 13.0 Å². The molecule has 0 saturated heterocycles. The Balaban J connectivity index is 0.00000312. The van der Waals surface area contributed by atoms with E-state index in [-0.39, 0.29) is 26.5 Å². The van der Waals surface area contributed by atoms with Crippen LogP contribution in [0.3, 0.4) is 0 Å². The zero-order valence-electron chi connectivity index (χ0n) is 25.1. The minimum absolute atomic E-state index is 0. The van der Waals surface area contributed by atoms with Crippen LogP contribution in [0.2, 0.25) is 0 Å². The molecule has 0 fully saturated rings. The SMILES string of the molecule is Cc1ccccc1-c1[c-]c(-n2c3ccccc3c3c(C(C)(C)C)c4c5ccccc5n(-c5ccccn5)c4nc32)ccc1.[Pt]. The fourth-order valence-electron chi connectivity index (χ4n) is 6.71. The van der Waals surface area contributed by atoms with Gasteiger partial charge in [-0.25, -0.2) is 9.97 Å². The Labute approximate surface area is 271 Å². The second kappa shape index (κ2) is 10.6. The Hall–Kier alpha value is -4.53. The van der Waals surface area contributed by atoms with Gasteiger partial charge in [0.1, 0.15) is 17.1 Å². The van der Waals surface area contributed by atoms with Crippen molar-refractivity contribution in [1.82, 2.24) is 19.1 Å². The second-order valence-electron chi connectivity index (χ2n) is 12.3. The van der Waals surface area contributed by atoms with E-state index in [0.717, 1.165) is 39.4 Å².